The first-order chi connectivity index (χ1) is 12.6. The number of carbonyl (C=O) groups excluding carboxylic acids is 1. The average Bonchev–Trinajstić information content (AvgIpc) is 2.56. The molecule has 0 fully saturated rings. The molecule has 27 heavy (non-hydrogen) atoms. The number of rotatable bonds is 7. The van der Waals surface area contributed by atoms with E-state index in [4.69, 9.17) is 34.8 Å². The van der Waals surface area contributed by atoms with E-state index >= 15 is 0 Å². The molecule has 1 amide bonds. The van der Waals surface area contributed by atoms with Crippen molar-refractivity contribution in [2.45, 2.75) is 12.8 Å². The van der Waals surface area contributed by atoms with E-state index in [1.54, 1.807) is 6.07 Å². The fraction of sp³-hybridized carbons (Fsp3) is 0.235. The summed E-state index contributed by atoms with van der Waals surface area (Å²) in [6, 6.07) is 8.32. The van der Waals surface area contributed by atoms with Crippen molar-refractivity contribution in [2.75, 3.05) is 22.4 Å². The Morgan fingerprint density at radius 2 is 1.81 bits per heavy atom. The van der Waals surface area contributed by atoms with Gasteiger partial charge in [-0.15, -0.1) is 0 Å². The zero-order chi connectivity index (χ0) is 20.2. The minimum Gasteiger partial charge on any atom is -0.326 e. The summed E-state index contributed by atoms with van der Waals surface area (Å²) in [5.41, 5.74) is 0.599. The lowest BCUT2D eigenvalue weighted by atomic mass is 10.2. The third-order valence-electron chi connectivity index (χ3n) is 3.55. The number of sulfonamides is 1. The van der Waals surface area contributed by atoms with Crippen LogP contribution >= 0.6 is 34.8 Å². The van der Waals surface area contributed by atoms with E-state index in [0.717, 1.165) is 16.6 Å². The van der Waals surface area contributed by atoms with Crippen LogP contribution in [0.4, 0.5) is 15.8 Å². The molecule has 146 valence electrons. The second-order valence-electron chi connectivity index (χ2n) is 5.71. The molecule has 0 aliphatic heterocycles. The summed E-state index contributed by atoms with van der Waals surface area (Å²) in [6.45, 7) is 0.0382. The summed E-state index contributed by atoms with van der Waals surface area (Å²) in [5, 5.41) is 3.05. The van der Waals surface area contributed by atoms with Crippen LogP contribution in [-0.4, -0.2) is 27.1 Å². The molecule has 0 aliphatic rings. The molecule has 0 aliphatic carbocycles. The third-order valence-corrected chi connectivity index (χ3v) is 5.57. The highest BCUT2D eigenvalue weighted by Gasteiger charge is 2.20. The Bertz CT molecular complexity index is 954. The predicted octanol–water partition coefficient (Wildman–Crippen LogP) is 4.97. The Hall–Kier alpha value is -1.54. The summed E-state index contributed by atoms with van der Waals surface area (Å²) < 4.78 is 38.4. The summed E-state index contributed by atoms with van der Waals surface area (Å²) in [4.78, 5) is 12.0. The quantitative estimate of drug-likeness (QED) is 0.643. The molecule has 0 heterocycles. The highest BCUT2D eigenvalue weighted by molar-refractivity contribution is 7.92. The van der Waals surface area contributed by atoms with Crippen LogP contribution in [-0.2, 0) is 14.8 Å². The molecule has 0 radical (unpaired) electrons. The van der Waals surface area contributed by atoms with Crippen LogP contribution in [0.1, 0.15) is 12.8 Å². The fourth-order valence-electron chi connectivity index (χ4n) is 2.32. The maximum absolute atomic E-state index is 13.1. The molecule has 0 bridgehead atoms. The van der Waals surface area contributed by atoms with E-state index in [9.17, 15) is 17.6 Å². The molecular formula is C17H16Cl3FN2O3S. The van der Waals surface area contributed by atoms with E-state index in [1.807, 2.05) is 0 Å². The van der Waals surface area contributed by atoms with Gasteiger partial charge in [0.2, 0.25) is 15.9 Å². The lowest BCUT2D eigenvalue weighted by molar-refractivity contribution is -0.116. The largest absolute Gasteiger partial charge is 0.326 e. The Morgan fingerprint density at radius 1 is 1.11 bits per heavy atom. The number of hydrogen-bond acceptors (Lipinski definition) is 3. The summed E-state index contributed by atoms with van der Waals surface area (Å²) in [6.07, 6.45) is 1.32. The van der Waals surface area contributed by atoms with Crippen molar-refractivity contribution in [2.24, 2.45) is 0 Å². The number of nitrogens with one attached hydrogen (secondary N) is 1. The van der Waals surface area contributed by atoms with Gasteiger partial charge >= 0.3 is 0 Å². The SMILES string of the molecule is CS(=O)(=O)N(CCCC(=O)Nc1ccc(F)c(Cl)c1)c1cc(Cl)ccc1Cl. The van der Waals surface area contributed by atoms with Gasteiger partial charge in [-0.3, -0.25) is 9.10 Å². The van der Waals surface area contributed by atoms with Gasteiger partial charge in [-0.25, -0.2) is 12.8 Å². The minimum atomic E-state index is -3.63. The number of hydrogen-bond donors (Lipinski definition) is 1. The van der Waals surface area contributed by atoms with Crippen molar-refractivity contribution in [3.05, 3.63) is 57.3 Å². The van der Waals surface area contributed by atoms with Crippen LogP contribution in [0.3, 0.4) is 0 Å². The van der Waals surface area contributed by atoms with Crippen LogP contribution in [0.25, 0.3) is 0 Å². The van der Waals surface area contributed by atoms with Crippen molar-refractivity contribution in [3.63, 3.8) is 0 Å². The van der Waals surface area contributed by atoms with Gasteiger partial charge in [0.25, 0.3) is 0 Å². The number of benzene rings is 2. The van der Waals surface area contributed by atoms with E-state index in [-0.39, 0.29) is 41.0 Å². The van der Waals surface area contributed by atoms with Crippen LogP contribution in [0.5, 0.6) is 0 Å². The van der Waals surface area contributed by atoms with E-state index < -0.39 is 15.8 Å². The van der Waals surface area contributed by atoms with Crippen molar-refractivity contribution in [3.8, 4) is 0 Å². The Kier molecular flexibility index (Phi) is 7.33. The molecule has 1 N–H and O–H groups in total. The van der Waals surface area contributed by atoms with E-state index in [1.165, 1.54) is 24.3 Å². The zero-order valence-electron chi connectivity index (χ0n) is 14.2. The van der Waals surface area contributed by atoms with Crippen LogP contribution in [0.15, 0.2) is 36.4 Å². The van der Waals surface area contributed by atoms with Crippen LogP contribution in [0, 0.1) is 5.82 Å². The zero-order valence-corrected chi connectivity index (χ0v) is 17.3. The van der Waals surface area contributed by atoms with Crippen molar-refractivity contribution >= 4 is 62.1 Å². The first-order valence-electron chi connectivity index (χ1n) is 7.75. The van der Waals surface area contributed by atoms with Gasteiger partial charge in [0.15, 0.2) is 0 Å². The number of amides is 1. The van der Waals surface area contributed by atoms with Crippen molar-refractivity contribution in [1.29, 1.82) is 0 Å². The van der Waals surface area contributed by atoms with Gasteiger partial charge in [0.1, 0.15) is 5.82 Å². The Labute approximate surface area is 172 Å². The molecule has 2 aromatic carbocycles. The maximum Gasteiger partial charge on any atom is 0.232 e. The molecular weight excluding hydrogens is 438 g/mol. The lowest BCUT2D eigenvalue weighted by Gasteiger charge is -2.23. The molecule has 0 unspecified atom stereocenters. The average molecular weight is 454 g/mol. The number of halogens is 4. The number of carbonyl (C=O) groups is 1. The van der Waals surface area contributed by atoms with Crippen molar-refractivity contribution in [1.82, 2.24) is 0 Å². The summed E-state index contributed by atoms with van der Waals surface area (Å²) in [5.74, 6) is -0.944. The Balaban J connectivity index is 2.02. The summed E-state index contributed by atoms with van der Waals surface area (Å²) in [7, 11) is -3.63. The highest BCUT2D eigenvalue weighted by Crippen LogP contribution is 2.31. The van der Waals surface area contributed by atoms with Gasteiger partial charge in [-0.1, -0.05) is 34.8 Å². The molecule has 0 aromatic heterocycles. The fourth-order valence-corrected chi connectivity index (χ4v) is 3.91. The molecule has 0 atom stereocenters. The maximum atomic E-state index is 13.1. The first-order valence-corrected chi connectivity index (χ1v) is 10.7. The van der Waals surface area contributed by atoms with Crippen molar-refractivity contribution < 1.29 is 17.6 Å². The van der Waals surface area contributed by atoms with E-state index in [0.29, 0.717) is 10.7 Å². The standard InChI is InChI=1S/C17H16Cl3FN2O3S/c1-27(25,26)23(16-9-11(18)4-6-13(16)19)8-2-3-17(24)22-12-5-7-15(21)14(20)10-12/h4-7,9-10H,2-3,8H2,1H3,(H,22,24). The summed E-state index contributed by atoms with van der Waals surface area (Å²) >= 11 is 17.7. The first kappa shape index (κ1) is 21.8. The number of nitrogens with zero attached hydrogens (tertiary/aromatic N) is 1. The van der Waals surface area contributed by atoms with Gasteiger partial charge < -0.3 is 5.32 Å². The minimum absolute atomic E-state index is 0.0382. The van der Waals surface area contributed by atoms with Gasteiger partial charge in [0.05, 0.1) is 22.0 Å². The molecule has 5 nitrogen and oxygen atoms in total. The van der Waals surface area contributed by atoms with Gasteiger partial charge in [0, 0.05) is 23.7 Å². The predicted molar refractivity (Wildman–Crippen MR) is 108 cm³/mol. The topological polar surface area (TPSA) is 66.5 Å². The second-order valence-corrected chi connectivity index (χ2v) is 8.87. The molecule has 0 saturated carbocycles. The highest BCUT2D eigenvalue weighted by atomic mass is 35.5. The monoisotopic (exact) mass is 452 g/mol. The van der Waals surface area contributed by atoms with Crippen LogP contribution in [0.2, 0.25) is 15.1 Å². The second kappa shape index (κ2) is 9.10. The molecule has 0 saturated heterocycles. The van der Waals surface area contributed by atoms with E-state index in [2.05, 4.69) is 5.32 Å². The van der Waals surface area contributed by atoms with Gasteiger partial charge in [-0.2, -0.15) is 0 Å². The number of anilines is 2. The molecule has 0 spiro atoms. The Morgan fingerprint density at radius 3 is 2.44 bits per heavy atom. The molecule has 10 heteroatoms. The molecule has 2 rings (SSSR count). The van der Waals surface area contributed by atoms with Gasteiger partial charge in [-0.05, 0) is 42.8 Å². The normalized spacial score (nSPS) is 11.3. The van der Waals surface area contributed by atoms with Crippen LogP contribution < -0.4 is 9.62 Å². The molecule has 2 aromatic rings. The smallest absolute Gasteiger partial charge is 0.232 e. The lowest BCUT2D eigenvalue weighted by Crippen LogP contribution is -2.31. The third kappa shape index (κ3) is 6.24.